The van der Waals surface area contributed by atoms with Crippen molar-refractivity contribution in [1.29, 1.82) is 0 Å². The first kappa shape index (κ1) is 18.7. The third-order valence-corrected chi connectivity index (χ3v) is 4.82. The lowest BCUT2D eigenvalue weighted by atomic mass is 10.1. The summed E-state index contributed by atoms with van der Waals surface area (Å²) in [5.74, 6) is -0.473. The number of hydrogen-bond donors (Lipinski definition) is 0. The highest BCUT2D eigenvalue weighted by Crippen LogP contribution is 2.37. The molecule has 0 spiro atoms. The first-order chi connectivity index (χ1) is 12.1. The smallest absolute Gasteiger partial charge is 0.327 e. The maximum Gasteiger partial charge on any atom is 0.406 e. The molecule has 1 fully saturated rings. The lowest BCUT2D eigenvalue weighted by Crippen LogP contribution is -2.45. The summed E-state index contributed by atoms with van der Waals surface area (Å²) < 4.78 is 41.0. The van der Waals surface area contributed by atoms with Gasteiger partial charge in [-0.3, -0.25) is 4.79 Å². The molecule has 1 saturated carbocycles. The van der Waals surface area contributed by atoms with Crippen LogP contribution in [0.25, 0.3) is 11.0 Å². The van der Waals surface area contributed by atoms with Crippen molar-refractivity contribution in [1.82, 2.24) is 19.7 Å². The topological polar surface area (TPSA) is 51.0 Å². The van der Waals surface area contributed by atoms with Crippen molar-refractivity contribution in [3.8, 4) is 0 Å². The molecule has 2 aromatic rings. The molecular formula is C18H23F3N4O. The highest BCUT2D eigenvalue weighted by Gasteiger charge is 2.41. The number of amides is 1. The van der Waals surface area contributed by atoms with Gasteiger partial charge in [0.1, 0.15) is 6.54 Å². The van der Waals surface area contributed by atoms with Gasteiger partial charge in [0.2, 0.25) is 0 Å². The third kappa shape index (κ3) is 3.68. The minimum atomic E-state index is -4.44. The summed E-state index contributed by atoms with van der Waals surface area (Å²) in [5, 5.41) is 4.76. The van der Waals surface area contributed by atoms with Crippen LogP contribution < -0.4 is 0 Å². The van der Waals surface area contributed by atoms with Gasteiger partial charge >= 0.3 is 6.18 Å². The van der Waals surface area contributed by atoms with Crippen LogP contribution in [0.4, 0.5) is 13.2 Å². The number of carbonyl (C=O) groups excluding carboxylic acids is 1. The molecular weight excluding hydrogens is 345 g/mol. The Morgan fingerprint density at radius 3 is 2.54 bits per heavy atom. The van der Waals surface area contributed by atoms with E-state index in [0.717, 1.165) is 17.7 Å². The number of aryl methyl sites for hydroxylation is 1. The van der Waals surface area contributed by atoms with Gasteiger partial charge in [-0.25, -0.2) is 9.67 Å². The number of halogens is 3. The van der Waals surface area contributed by atoms with Crippen LogP contribution in [0.3, 0.4) is 0 Å². The Morgan fingerprint density at radius 2 is 2.00 bits per heavy atom. The Bertz CT molecular complexity index is 824. The second-order valence-electron chi connectivity index (χ2n) is 7.36. The highest BCUT2D eigenvalue weighted by atomic mass is 19.4. The SMILES string of the molecule is Cc1cc(C(=O)N(CC(F)(F)F)[C@@H](C)C2CC2)c2cnn(C(C)C)c2n1. The molecule has 142 valence electrons. The minimum Gasteiger partial charge on any atom is -0.327 e. The number of alkyl halides is 3. The second-order valence-corrected chi connectivity index (χ2v) is 7.36. The zero-order valence-electron chi connectivity index (χ0n) is 15.3. The molecule has 0 unspecified atom stereocenters. The molecule has 0 radical (unpaired) electrons. The fraction of sp³-hybridized carbons (Fsp3) is 0.611. The van der Waals surface area contributed by atoms with Crippen LogP contribution in [-0.2, 0) is 0 Å². The Kier molecular flexibility index (Phi) is 4.71. The lowest BCUT2D eigenvalue weighted by molar-refractivity contribution is -0.144. The maximum absolute atomic E-state index is 13.1. The molecule has 0 aliphatic heterocycles. The minimum absolute atomic E-state index is 0.0291. The molecule has 1 aliphatic carbocycles. The molecule has 0 saturated heterocycles. The van der Waals surface area contributed by atoms with Gasteiger partial charge in [-0.15, -0.1) is 0 Å². The summed E-state index contributed by atoms with van der Waals surface area (Å²) >= 11 is 0. The van der Waals surface area contributed by atoms with Crippen molar-refractivity contribution in [2.45, 2.75) is 58.8 Å². The summed E-state index contributed by atoms with van der Waals surface area (Å²) in [5.41, 5.74) is 1.33. The van der Waals surface area contributed by atoms with Crippen molar-refractivity contribution in [2.75, 3.05) is 6.54 Å². The van der Waals surface area contributed by atoms with Gasteiger partial charge < -0.3 is 4.90 Å². The fourth-order valence-electron chi connectivity index (χ4n) is 3.28. The molecule has 26 heavy (non-hydrogen) atoms. The Hall–Kier alpha value is -2.12. The maximum atomic E-state index is 13.1. The zero-order chi connectivity index (χ0) is 19.2. The van der Waals surface area contributed by atoms with Gasteiger partial charge in [-0.1, -0.05) is 0 Å². The Morgan fingerprint density at radius 1 is 1.35 bits per heavy atom. The first-order valence-electron chi connectivity index (χ1n) is 8.81. The van der Waals surface area contributed by atoms with Crippen molar-refractivity contribution >= 4 is 16.9 Å². The van der Waals surface area contributed by atoms with E-state index in [2.05, 4.69) is 10.1 Å². The van der Waals surface area contributed by atoms with Crippen molar-refractivity contribution in [2.24, 2.45) is 5.92 Å². The molecule has 3 rings (SSSR count). The van der Waals surface area contributed by atoms with Crippen LogP contribution in [0, 0.1) is 12.8 Å². The van der Waals surface area contributed by atoms with Crippen molar-refractivity contribution in [3.63, 3.8) is 0 Å². The number of carbonyl (C=O) groups is 1. The molecule has 0 bridgehead atoms. The quantitative estimate of drug-likeness (QED) is 0.798. The predicted octanol–water partition coefficient (Wildman–Crippen LogP) is 4.12. The number of pyridine rings is 1. The molecule has 2 heterocycles. The molecule has 8 heteroatoms. The van der Waals surface area contributed by atoms with E-state index in [-0.39, 0.29) is 17.5 Å². The van der Waals surface area contributed by atoms with Crippen molar-refractivity contribution in [3.05, 3.63) is 23.5 Å². The molecule has 1 amide bonds. The summed E-state index contributed by atoms with van der Waals surface area (Å²) in [6, 6.07) is 1.13. The monoisotopic (exact) mass is 368 g/mol. The molecule has 2 aromatic heterocycles. The van der Waals surface area contributed by atoms with Crippen LogP contribution in [-0.4, -0.2) is 44.3 Å². The molecule has 5 nitrogen and oxygen atoms in total. The average molecular weight is 368 g/mol. The number of hydrogen-bond acceptors (Lipinski definition) is 3. The number of fused-ring (bicyclic) bond motifs is 1. The largest absolute Gasteiger partial charge is 0.406 e. The van der Waals surface area contributed by atoms with Gasteiger partial charge in [0.05, 0.1) is 17.1 Å². The van der Waals surface area contributed by atoms with Crippen LogP contribution in [0.15, 0.2) is 12.3 Å². The van der Waals surface area contributed by atoms with E-state index in [1.54, 1.807) is 24.6 Å². The summed E-state index contributed by atoms with van der Waals surface area (Å²) in [6.45, 7) is 6.05. The van der Waals surface area contributed by atoms with E-state index < -0.39 is 24.7 Å². The standard InChI is InChI=1S/C18H23F3N4O/c1-10(2)25-16-15(8-22-25)14(7-11(3)23-16)17(26)24(9-18(19,20)21)12(4)13-5-6-13/h7-8,10,12-13H,5-6,9H2,1-4H3/t12-/m0/s1. The highest BCUT2D eigenvalue weighted by molar-refractivity contribution is 6.05. The van der Waals surface area contributed by atoms with Gasteiger partial charge in [0.15, 0.2) is 5.65 Å². The molecule has 0 aromatic carbocycles. The van der Waals surface area contributed by atoms with Gasteiger partial charge in [-0.2, -0.15) is 18.3 Å². The average Bonchev–Trinajstić information content (AvgIpc) is 3.29. The molecule has 1 aliphatic rings. The molecule has 0 N–H and O–H groups in total. The van der Waals surface area contributed by atoms with E-state index in [1.165, 1.54) is 6.20 Å². The van der Waals surface area contributed by atoms with Gasteiger partial charge in [-0.05, 0) is 52.5 Å². The Balaban J connectivity index is 2.06. The van der Waals surface area contributed by atoms with E-state index in [4.69, 9.17) is 0 Å². The van der Waals surface area contributed by atoms with Crippen LogP contribution in [0.2, 0.25) is 0 Å². The van der Waals surface area contributed by atoms with Crippen LogP contribution in [0.1, 0.15) is 55.7 Å². The van der Waals surface area contributed by atoms with Crippen molar-refractivity contribution < 1.29 is 18.0 Å². The number of nitrogens with zero attached hydrogens (tertiary/aromatic N) is 4. The van der Waals surface area contributed by atoms with Crippen LogP contribution in [0.5, 0.6) is 0 Å². The molecule has 1 atom stereocenters. The Labute approximate surface area is 150 Å². The van der Waals surface area contributed by atoms with Gasteiger partial charge in [0, 0.05) is 17.8 Å². The lowest BCUT2D eigenvalue weighted by Gasteiger charge is -2.30. The summed E-state index contributed by atoms with van der Waals surface area (Å²) in [6.07, 6.45) is -1.21. The second kappa shape index (κ2) is 6.55. The van der Waals surface area contributed by atoms with E-state index in [1.807, 2.05) is 13.8 Å². The first-order valence-corrected chi connectivity index (χ1v) is 8.81. The summed E-state index contributed by atoms with van der Waals surface area (Å²) in [4.78, 5) is 18.5. The van der Waals surface area contributed by atoms with E-state index in [9.17, 15) is 18.0 Å². The van der Waals surface area contributed by atoms with E-state index in [0.29, 0.717) is 16.7 Å². The van der Waals surface area contributed by atoms with Crippen LogP contribution >= 0.6 is 0 Å². The third-order valence-electron chi connectivity index (χ3n) is 4.82. The fourth-order valence-corrected chi connectivity index (χ4v) is 3.28. The number of aromatic nitrogens is 3. The normalized spacial score (nSPS) is 16.3. The zero-order valence-corrected chi connectivity index (χ0v) is 15.3. The van der Waals surface area contributed by atoms with Gasteiger partial charge in [0.25, 0.3) is 5.91 Å². The number of rotatable bonds is 5. The predicted molar refractivity (Wildman–Crippen MR) is 91.9 cm³/mol. The summed E-state index contributed by atoms with van der Waals surface area (Å²) in [7, 11) is 0. The van der Waals surface area contributed by atoms with E-state index >= 15 is 0 Å².